The summed E-state index contributed by atoms with van der Waals surface area (Å²) in [5.41, 5.74) is 0. The van der Waals surface area contributed by atoms with Crippen molar-refractivity contribution in [2.24, 2.45) is 0 Å². The summed E-state index contributed by atoms with van der Waals surface area (Å²) in [7, 11) is 1.57. The van der Waals surface area contributed by atoms with Crippen LogP contribution in [0.3, 0.4) is 0 Å². The fraction of sp³-hybridized carbons (Fsp3) is 0.889. The highest BCUT2D eigenvalue weighted by Crippen LogP contribution is 2.24. The van der Waals surface area contributed by atoms with Crippen molar-refractivity contribution in [3.8, 4) is 0 Å². The second-order valence-electron chi connectivity index (χ2n) is 3.39. The van der Waals surface area contributed by atoms with E-state index in [0.717, 1.165) is 0 Å². The lowest BCUT2D eigenvalue weighted by molar-refractivity contribution is -0.172. The van der Waals surface area contributed by atoms with E-state index in [2.05, 4.69) is 0 Å². The molecule has 1 rings (SSSR count). The molecule has 0 spiro atoms. The number of carbonyl (C=O) groups is 1. The molecular formula is C9H16O5. The summed E-state index contributed by atoms with van der Waals surface area (Å²) in [5, 5.41) is 9.40. The summed E-state index contributed by atoms with van der Waals surface area (Å²) < 4.78 is 15.1. The number of methoxy groups -OCH3 is 1. The summed E-state index contributed by atoms with van der Waals surface area (Å²) in [6.45, 7) is 3.15. The van der Waals surface area contributed by atoms with Gasteiger partial charge in [0.2, 0.25) is 0 Å². The lowest BCUT2D eigenvalue weighted by atomic mass is 10.1. The molecule has 0 aliphatic carbocycles. The lowest BCUT2D eigenvalue weighted by Crippen LogP contribution is -2.25. The fourth-order valence-corrected chi connectivity index (χ4v) is 1.44. The molecule has 0 bridgehead atoms. The Morgan fingerprint density at radius 3 is 2.79 bits per heavy atom. The topological polar surface area (TPSA) is 65.0 Å². The molecule has 4 atom stereocenters. The van der Waals surface area contributed by atoms with Crippen LogP contribution in [0.1, 0.15) is 20.3 Å². The minimum atomic E-state index is -1.04. The zero-order chi connectivity index (χ0) is 10.7. The first kappa shape index (κ1) is 11.4. The van der Waals surface area contributed by atoms with Crippen LogP contribution in [0.25, 0.3) is 0 Å². The Bertz CT molecular complexity index is 205. The number of aliphatic hydroxyl groups excluding tert-OH is 1. The molecule has 1 N–H and O–H groups in total. The molecule has 1 fully saturated rings. The lowest BCUT2D eigenvalue weighted by Gasteiger charge is -2.16. The maximum atomic E-state index is 10.7. The van der Waals surface area contributed by atoms with E-state index in [9.17, 15) is 9.90 Å². The van der Waals surface area contributed by atoms with Gasteiger partial charge in [0.1, 0.15) is 0 Å². The molecule has 0 aromatic carbocycles. The van der Waals surface area contributed by atoms with Gasteiger partial charge in [0.25, 0.3) is 0 Å². The monoisotopic (exact) mass is 204 g/mol. The highest BCUT2D eigenvalue weighted by atomic mass is 16.7. The highest BCUT2D eigenvalue weighted by molar-refractivity contribution is 5.66. The van der Waals surface area contributed by atoms with Crippen molar-refractivity contribution in [3.63, 3.8) is 0 Å². The Labute approximate surface area is 82.9 Å². The van der Waals surface area contributed by atoms with Crippen LogP contribution in [0, 0.1) is 0 Å². The molecule has 1 aliphatic rings. The van der Waals surface area contributed by atoms with Crippen LogP contribution in [0.5, 0.6) is 0 Å². The van der Waals surface area contributed by atoms with Crippen molar-refractivity contribution in [1.82, 2.24) is 0 Å². The molecule has 5 heteroatoms. The van der Waals surface area contributed by atoms with Crippen LogP contribution in [0.2, 0.25) is 0 Å². The van der Waals surface area contributed by atoms with E-state index in [1.807, 2.05) is 6.92 Å². The van der Waals surface area contributed by atoms with Crippen LogP contribution in [0.15, 0.2) is 0 Å². The second kappa shape index (κ2) is 4.72. The summed E-state index contributed by atoms with van der Waals surface area (Å²) in [6, 6.07) is 0. The molecule has 0 amide bonds. The van der Waals surface area contributed by atoms with Crippen LogP contribution < -0.4 is 0 Å². The summed E-state index contributed by atoms with van der Waals surface area (Å²) >= 11 is 0. The first-order chi connectivity index (χ1) is 6.54. The molecular weight excluding hydrogens is 188 g/mol. The largest absolute Gasteiger partial charge is 0.457 e. The summed E-state index contributed by atoms with van der Waals surface area (Å²) in [6.07, 6.45) is -1.49. The molecule has 0 aromatic rings. The van der Waals surface area contributed by atoms with E-state index in [0.29, 0.717) is 6.42 Å². The van der Waals surface area contributed by atoms with E-state index in [1.54, 1.807) is 7.11 Å². The quantitative estimate of drug-likeness (QED) is 0.658. The summed E-state index contributed by atoms with van der Waals surface area (Å²) in [5.74, 6) is -0.414. The van der Waals surface area contributed by atoms with Gasteiger partial charge in [-0.2, -0.15) is 0 Å². The number of hydrogen-bond acceptors (Lipinski definition) is 5. The minimum Gasteiger partial charge on any atom is -0.457 e. The van der Waals surface area contributed by atoms with Gasteiger partial charge in [0.15, 0.2) is 12.4 Å². The fourth-order valence-electron chi connectivity index (χ4n) is 1.44. The number of rotatable bonds is 3. The Morgan fingerprint density at radius 2 is 2.29 bits per heavy atom. The molecule has 82 valence electrons. The number of ether oxygens (including phenoxy) is 3. The standard InChI is InChI=1S/C9H16O5/c1-5(12-3)7-4-8(9(11)14-7)13-6(2)10/h5,7-9,11H,4H2,1-3H3/t5?,7-,8+,9?/m0/s1. The van der Waals surface area contributed by atoms with Gasteiger partial charge in [-0.25, -0.2) is 0 Å². The first-order valence-electron chi connectivity index (χ1n) is 4.58. The van der Waals surface area contributed by atoms with Crippen molar-refractivity contribution in [1.29, 1.82) is 0 Å². The van der Waals surface area contributed by atoms with Gasteiger partial charge < -0.3 is 19.3 Å². The van der Waals surface area contributed by atoms with E-state index in [-0.39, 0.29) is 12.2 Å². The van der Waals surface area contributed by atoms with Gasteiger partial charge in [-0.05, 0) is 6.92 Å². The molecule has 1 aliphatic heterocycles. The first-order valence-corrected chi connectivity index (χ1v) is 4.58. The number of carbonyl (C=O) groups excluding carboxylic acids is 1. The Morgan fingerprint density at radius 1 is 1.64 bits per heavy atom. The van der Waals surface area contributed by atoms with Crippen molar-refractivity contribution in [2.75, 3.05) is 7.11 Å². The molecule has 14 heavy (non-hydrogen) atoms. The maximum Gasteiger partial charge on any atom is 0.303 e. The van der Waals surface area contributed by atoms with Crippen LogP contribution in [-0.4, -0.2) is 42.8 Å². The average Bonchev–Trinajstić information content (AvgIpc) is 2.46. The molecule has 2 unspecified atom stereocenters. The third kappa shape index (κ3) is 2.67. The van der Waals surface area contributed by atoms with Crippen molar-refractivity contribution < 1.29 is 24.1 Å². The van der Waals surface area contributed by atoms with Gasteiger partial charge in [0, 0.05) is 20.5 Å². The average molecular weight is 204 g/mol. The van der Waals surface area contributed by atoms with E-state index in [4.69, 9.17) is 14.2 Å². The minimum absolute atomic E-state index is 0.120. The SMILES string of the molecule is COC(C)[C@@H]1C[C@@H](OC(C)=O)C(O)O1. The van der Waals surface area contributed by atoms with Gasteiger partial charge in [-0.3, -0.25) is 4.79 Å². The normalized spacial score (nSPS) is 34.1. The molecule has 0 aromatic heterocycles. The molecule has 0 radical (unpaired) electrons. The maximum absolute atomic E-state index is 10.7. The predicted octanol–water partition coefficient (Wildman–Crippen LogP) is 0.0603. The molecule has 0 saturated carbocycles. The Balaban J connectivity index is 2.46. The van der Waals surface area contributed by atoms with Crippen molar-refractivity contribution >= 4 is 5.97 Å². The predicted molar refractivity (Wildman–Crippen MR) is 47.5 cm³/mol. The number of hydrogen-bond donors (Lipinski definition) is 1. The van der Waals surface area contributed by atoms with Gasteiger partial charge >= 0.3 is 5.97 Å². The Hall–Kier alpha value is -0.650. The van der Waals surface area contributed by atoms with E-state index < -0.39 is 18.4 Å². The number of esters is 1. The zero-order valence-corrected chi connectivity index (χ0v) is 8.60. The second-order valence-corrected chi connectivity index (χ2v) is 3.39. The zero-order valence-electron chi connectivity index (χ0n) is 8.60. The molecule has 1 heterocycles. The Kier molecular flexibility index (Phi) is 3.86. The van der Waals surface area contributed by atoms with Gasteiger partial charge in [0.05, 0.1) is 12.2 Å². The van der Waals surface area contributed by atoms with E-state index in [1.165, 1.54) is 6.92 Å². The third-order valence-corrected chi connectivity index (χ3v) is 2.31. The van der Waals surface area contributed by atoms with Crippen LogP contribution >= 0.6 is 0 Å². The van der Waals surface area contributed by atoms with Gasteiger partial charge in [-0.15, -0.1) is 0 Å². The van der Waals surface area contributed by atoms with Gasteiger partial charge in [-0.1, -0.05) is 0 Å². The third-order valence-electron chi connectivity index (χ3n) is 2.31. The van der Waals surface area contributed by atoms with E-state index >= 15 is 0 Å². The van der Waals surface area contributed by atoms with Crippen LogP contribution in [-0.2, 0) is 19.0 Å². The van der Waals surface area contributed by atoms with Crippen LogP contribution in [0.4, 0.5) is 0 Å². The smallest absolute Gasteiger partial charge is 0.303 e. The molecule has 1 saturated heterocycles. The van der Waals surface area contributed by atoms with Crippen molar-refractivity contribution in [2.45, 2.75) is 44.9 Å². The highest BCUT2D eigenvalue weighted by Gasteiger charge is 2.38. The van der Waals surface area contributed by atoms with Crippen molar-refractivity contribution in [3.05, 3.63) is 0 Å². The summed E-state index contributed by atoms with van der Waals surface area (Å²) in [4.78, 5) is 10.7. The molecule has 5 nitrogen and oxygen atoms in total. The number of aliphatic hydroxyl groups is 1.